The van der Waals surface area contributed by atoms with E-state index < -0.39 is 0 Å². The van der Waals surface area contributed by atoms with Gasteiger partial charge >= 0.3 is 0 Å². The molecule has 3 nitrogen and oxygen atoms in total. The highest BCUT2D eigenvalue weighted by molar-refractivity contribution is 6.42. The number of hydrogen-bond acceptors (Lipinski definition) is 1. The van der Waals surface area contributed by atoms with Crippen LogP contribution in [0, 0.1) is 5.92 Å². The molecule has 2 N–H and O–H groups in total. The Labute approximate surface area is 123 Å². The van der Waals surface area contributed by atoms with Gasteiger partial charge in [0.1, 0.15) is 0 Å². The van der Waals surface area contributed by atoms with Gasteiger partial charge in [0, 0.05) is 11.6 Å². The minimum absolute atomic E-state index is 0.0301. The Bertz CT molecular complexity index is 465. The average molecular weight is 302 g/mol. The number of carbonyl (C=O) groups is 1. The van der Waals surface area contributed by atoms with Gasteiger partial charge in [-0.15, -0.1) is 0 Å². The van der Waals surface area contributed by atoms with Crippen molar-refractivity contribution in [3.8, 4) is 0 Å². The number of halogens is 2. The highest BCUT2D eigenvalue weighted by Crippen LogP contribution is 2.24. The maximum atomic E-state index is 12.0. The lowest BCUT2D eigenvalue weighted by atomic mass is 10.0. The Hall–Kier alpha value is -0.770. The minimum Gasteiger partial charge on any atom is -0.327 e. The lowest BCUT2D eigenvalue weighted by Gasteiger charge is -2.27. The van der Waals surface area contributed by atoms with E-state index in [1.165, 1.54) is 17.7 Å². The molecule has 2 atom stereocenters. The molecule has 1 saturated heterocycles. The van der Waals surface area contributed by atoms with Gasteiger partial charge in [-0.1, -0.05) is 30.1 Å². The predicted molar refractivity (Wildman–Crippen MR) is 79.1 cm³/mol. The second kappa shape index (κ2) is 6.60. The van der Waals surface area contributed by atoms with Crippen molar-refractivity contribution in [1.29, 1.82) is 0 Å². The van der Waals surface area contributed by atoms with E-state index in [4.69, 9.17) is 23.2 Å². The normalized spacial score (nSPS) is 23.1. The van der Waals surface area contributed by atoms with Crippen molar-refractivity contribution in [3.05, 3.63) is 28.2 Å². The third-order valence-electron chi connectivity index (χ3n) is 3.48. The van der Waals surface area contributed by atoms with Crippen molar-refractivity contribution in [2.45, 2.75) is 19.8 Å². The summed E-state index contributed by atoms with van der Waals surface area (Å²) in [7, 11) is 0. The maximum Gasteiger partial charge on any atom is 0.279 e. The summed E-state index contributed by atoms with van der Waals surface area (Å²) in [6, 6.07) is 5.13. The van der Waals surface area contributed by atoms with E-state index in [1.807, 2.05) is 0 Å². The third-order valence-corrected chi connectivity index (χ3v) is 4.22. The molecular weight excluding hydrogens is 283 g/mol. The van der Waals surface area contributed by atoms with Crippen LogP contribution < -0.4 is 10.2 Å². The van der Waals surface area contributed by atoms with Crippen molar-refractivity contribution in [1.82, 2.24) is 0 Å². The molecule has 104 valence electrons. The predicted octanol–water partition coefficient (Wildman–Crippen LogP) is 2.25. The fraction of sp³-hybridized carbons (Fsp3) is 0.500. The van der Waals surface area contributed by atoms with Gasteiger partial charge in [-0.05, 0) is 31.0 Å². The lowest BCUT2D eigenvalue weighted by molar-refractivity contribution is -0.900. The Morgan fingerprint density at radius 2 is 2.21 bits per heavy atom. The van der Waals surface area contributed by atoms with Crippen LogP contribution in [0.3, 0.4) is 0 Å². The molecule has 1 aromatic carbocycles. The van der Waals surface area contributed by atoms with Crippen molar-refractivity contribution in [2.24, 2.45) is 5.92 Å². The van der Waals surface area contributed by atoms with E-state index in [9.17, 15) is 4.79 Å². The van der Waals surface area contributed by atoms with Crippen LogP contribution in [-0.2, 0) is 4.79 Å². The number of anilines is 1. The van der Waals surface area contributed by atoms with Gasteiger partial charge in [-0.25, -0.2) is 0 Å². The first kappa shape index (κ1) is 14.6. The highest BCUT2D eigenvalue weighted by atomic mass is 35.5. The average Bonchev–Trinajstić information content (AvgIpc) is 2.34. The first-order chi connectivity index (χ1) is 9.04. The topological polar surface area (TPSA) is 33.5 Å². The van der Waals surface area contributed by atoms with E-state index in [-0.39, 0.29) is 5.91 Å². The Kier molecular flexibility index (Phi) is 5.08. The van der Waals surface area contributed by atoms with Crippen molar-refractivity contribution in [2.75, 3.05) is 25.0 Å². The molecule has 1 heterocycles. The van der Waals surface area contributed by atoms with Gasteiger partial charge < -0.3 is 10.2 Å². The monoisotopic (exact) mass is 301 g/mol. The summed E-state index contributed by atoms with van der Waals surface area (Å²) in [4.78, 5) is 13.3. The van der Waals surface area contributed by atoms with Gasteiger partial charge in [-0.3, -0.25) is 4.79 Å². The summed E-state index contributed by atoms with van der Waals surface area (Å²) in [5, 5.41) is 3.82. The molecule has 0 aliphatic carbocycles. The maximum absolute atomic E-state index is 12.0. The zero-order valence-electron chi connectivity index (χ0n) is 11.0. The number of quaternary nitrogens is 1. The number of amides is 1. The van der Waals surface area contributed by atoms with E-state index in [2.05, 4.69) is 12.2 Å². The molecule has 1 aliphatic heterocycles. The summed E-state index contributed by atoms with van der Waals surface area (Å²) in [5.41, 5.74) is 0.698. The fourth-order valence-electron chi connectivity index (χ4n) is 2.56. The Morgan fingerprint density at radius 1 is 1.42 bits per heavy atom. The second-order valence-electron chi connectivity index (χ2n) is 5.31. The molecule has 19 heavy (non-hydrogen) atoms. The highest BCUT2D eigenvalue weighted by Gasteiger charge is 2.21. The number of carbonyl (C=O) groups excluding carboxylic acids is 1. The summed E-state index contributed by atoms with van der Waals surface area (Å²) >= 11 is 11.8. The van der Waals surface area contributed by atoms with Crippen LogP contribution in [0.4, 0.5) is 5.69 Å². The molecule has 5 heteroatoms. The van der Waals surface area contributed by atoms with Crippen LogP contribution >= 0.6 is 23.2 Å². The minimum atomic E-state index is 0.0301. The van der Waals surface area contributed by atoms with Crippen LogP contribution in [0.25, 0.3) is 0 Å². The van der Waals surface area contributed by atoms with Crippen LogP contribution in [0.1, 0.15) is 19.8 Å². The second-order valence-corrected chi connectivity index (χ2v) is 6.12. The molecule has 1 aromatic rings. The van der Waals surface area contributed by atoms with Crippen LogP contribution in [0.15, 0.2) is 18.2 Å². The summed E-state index contributed by atoms with van der Waals surface area (Å²) in [6.45, 7) is 4.93. The van der Waals surface area contributed by atoms with Crippen LogP contribution in [-0.4, -0.2) is 25.5 Å². The number of benzene rings is 1. The van der Waals surface area contributed by atoms with E-state index in [1.54, 1.807) is 18.2 Å². The van der Waals surface area contributed by atoms with Crippen LogP contribution in [0.5, 0.6) is 0 Å². The number of likely N-dealkylation sites (tertiary alicyclic amines) is 1. The molecular formula is C14H19Cl2N2O+. The van der Waals surface area contributed by atoms with Gasteiger partial charge in [0.05, 0.1) is 23.1 Å². The molecule has 0 saturated carbocycles. The summed E-state index contributed by atoms with van der Waals surface area (Å²) in [5.74, 6) is 0.740. The van der Waals surface area contributed by atoms with E-state index in [0.29, 0.717) is 28.2 Å². The van der Waals surface area contributed by atoms with Crippen LogP contribution in [0.2, 0.25) is 10.0 Å². The molecule has 0 spiro atoms. The molecule has 2 rings (SSSR count). The first-order valence-corrected chi connectivity index (χ1v) is 7.38. The zero-order valence-corrected chi connectivity index (χ0v) is 12.5. The molecule has 1 amide bonds. The smallest absolute Gasteiger partial charge is 0.279 e. The van der Waals surface area contributed by atoms with Gasteiger partial charge in [0.15, 0.2) is 6.54 Å². The standard InChI is InChI=1S/C14H18Cl2N2O/c1-10-3-2-6-18(8-10)9-14(19)17-11-4-5-12(15)13(16)7-11/h4-5,7,10H,2-3,6,8-9H2,1H3,(H,17,19)/p+1/t10-/m1/s1. The zero-order chi connectivity index (χ0) is 13.8. The summed E-state index contributed by atoms with van der Waals surface area (Å²) < 4.78 is 0. The first-order valence-electron chi connectivity index (χ1n) is 6.63. The quantitative estimate of drug-likeness (QED) is 0.882. The molecule has 0 bridgehead atoms. The fourth-order valence-corrected chi connectivity index (χ4v) is 2.86. The van der Waals surface area contributed by atoms with Gasteiger partial charge in [0.25, 0.3) is 5.91 Å². The number of piperidine rings is 1. The van der Waals surface area contributed by atoms with Gasteiger partial charge in [-0.2, -0.15) is 0 Å². The number of nitrogens with one attached hydrogen (secondary N) is 2. The number of rotatable bonds is 3. The Morgan fingerprint density at radius 3 is 2.89 bits per heavy atom. The van der Waals surface area contributed by atoms with Gasteiger partial charge in [0.2, 0.25) is 0 Å². The third kappa shape index (κ3) is 4.37. The Balaban J connectivity index is 1.88. The largest absolute Gasteiger partial charge is 0.327 e. The van der Waals surface area contributed by atoms with Crippen molar-refractivity contribution >= 4 is 34.8 Å². The van der Waals surface area contributed by atoms with E-state index >= 15 is 0 Å². The molecule has 0 radical (unpaired) electrons. The lowest BCUT2D eigenvalue weighted by Crippen LogP contribution is -3.14. The SMILES string of the molecule is C[C@@H]1CCC[NH+](CC(=O)Nc2ccc(Cl)c(Cl)c2)C1. The van der Waals surface area contributed by atoms with Crippen molar-refractivity contribution < 1.29 is 9.69 Å². The molecule has 1 aliphatic rings. The molecule has 1 fully saturated rings. The summed E-state index contributed by atoms with van der Waals surface area (Å²) in [6.07, 6.45) is 2.48. The molecule has 1 unspecified atom stereocenters. The van der Waals surface area contributed by atoms with Crippen molar-refractivity contribution in [3.63, 3.8) is 0 Å². The number of hydrogen-bond donors (Lipinski definition) is 2. The van der Waals surface area contributed by atoms with E-state index in [0.717, 1.165) is 13.1 Å². The molecule has 0 aromatic heterocycles.